The van der Waals surface area contributed by atoms with E-state index >= 15 is 0 Å². The van der Waals surface area contributed by atoms with Gasteiger partial charge in [-0.1, -0.05) is 30.3 Å². The number of benzene rings is 1. The average molecular weight is 313 g/mol. The van der Waals surface area contributed by atoms with Crippen molar-refractivity contribution in [2.45, 2.75) is 25.4 Å². The van der Waals surface area contributed by atoms with Crippen LogP contribution in [-0.2, 0) is 11.3 Å². The number of H-pyrrole nitrogens is 1. The lowest BCUT2D eigenvalue weighted by atomic mass is 10.1. The van der Waals surface area contributed by atoms with Gasteiger partial charge in [0.25, 0.3) is 0 Å². The second-order valence-electron chi connectivity index (χ2n) is 5.64. The van der Waals surface area contributed by atoms with Crippen molar-refractivity contribution >= 4 is 17.6 Å². The number of aromatic nitrogens is 1. The molecular weight excluding hydrogens is 294 g/mol. The SMILES string of the molecule is O=C(O)c1cc(N(Cc2ccccc2)C(=O)[C@@H]2CCCN2)c[nH]1. The van der Waals surface area contributed by atoms with E-state index in [0.29, 0.717) is 12.2 Å². The van der Waals surface area contributed by atoms with Crippen molar-refractivity contribution < 1.29 is 14.7 Å². The van der Waals surface area contributed by atoms with Crippen molar-refractivity contribution in [2.75, 3.05) is 11.4 Å². The topological polar surface area (TPSA) is 85.4 Å². The van der Waals surface area contributed by atoms with Crippen LogP contribution in [0.4, 0.5) is 5.69 Å². The van der Waals surface area contributed by atoms with E-state index in [1.165, 1.54) is 6.07 Å². The van der Waals surface area contributed by atoms with E-state index in [0.717, 1.165) is 24.9 Å². The normalized spacial score (nSPS) is 17.1. The highest BCUT2D eigenvalue weighted by Gasteiger charge is 2.28. The summed E-state index contributed by atoms with van der Waals surface area (Å²) < 4.78 is 0. The molecule has 3 N–H and O–H groups in total. The van der Waals surface area contributed by atoms with Gasteiger partial charge in [-0.3, -0.25) is 4.79 Å². The van der Waals surface area contributed by atoms with Crippen LogP contribution in [0.1, 0.15) is 28.9 Å². The van der Waals surface area contributed by atoms with Crippen LogP contribution in [0.25, 0.3) is 0 Å². The van der Waals surface area contributed by atoms with Gasteiger partial charge in [0, 0.05) is 6.20 Å². The summed E-state index contributed by atoms with van der Waals surface area (Å²) in [5, 5.41) is 12.3. The molecule has 1 saturated heterocycles. The maximum absolute atomic E-state index is 12.8. The summed E-state index contributed by atoms with van der Waals surface area (Å²) in [6.45, 7) is 1.25. The molecule has 1 aliphatic rings. The highest BCUT2D eigenvalue weighted by atomic mass is 16.4. The third kappa shape index (κ3) is 3.43. The molecule has 1 atom stereocenters. The Labute approximate surface area is 134 Å². The van der Waals surface area contributed by atoms with Crippen LogP contribution in [0, 0.1) is 0 Å². The van der Waals surface area contributed by atoms with E-state index in [1.807, 2.05) is 30.3 Å². The Bertz CT molecular complexity index is 690. The molecule has 0 radical (unpaired) electrons. The van der Waals surface area contributed by atoms with Crippen LogP contribution in [-0.4, -0.2) is 34.6 Å². The first-order chi connectivity index (χ1) is 11.1. The standard InChI is InChI=1S/C17H19N3O3/c21-16(14-7-4-8-18-14)20(11-12-5-2-1-3-6-12)13-9-15(17(22)23)19-10-13/h1-3,5-6,9-10,14,18-19H,4,7-8,11H2,(H,22,23)/t14-/m0/s1. The number of nitrogens with zero attached hydrogens (tertiary/aromatic N) is 1. The summed E-state index contributed by atoms with van der Waals surface area (Å²) in [7, 11) is 0. The number of anilines is 1. The van der Waals surface area contributed by atoms with Crippen LogP contribution in [0.15, 0.2) is 42.6 Å². The summed E-state index contributed by atoms with van der Waals surface area (Å²) in [6.07, 6.45) is 3.35. The first-order valence-electron chi connectivity index (χ1n) is 7.65. The van der Waals surface area contributed by atoms with Crippen LogP contribution in [0.2, 0.25) is 0 Å². The molecule has 3 rings (SSSR count). The Morgan fingerprint density at radius 1 is 1.26 bits per heavy atom. The molecule has 1 aromatic carbocycles. The van der Waals surface area contributed by atoms with Crippen molar-refractivity contribution in [1.82, 2.24) is 10.3 Å². The van der Waals surface area contributed by atoms with Gasteiger partial charge in [-0.15, -0.1) is 0 Å². The maximum Gasteiger partial charge on any atom is 0.352 e. The first-order valence-corrected chi connectivity index (χ1v) is 7.65. The molecular formula is C17H19N3O3. The van der Waals surface area contributed by atoms with Gasteiger partial charge < -0.3 is 20.3 Å². The van der Waals surface area contributed by atoms with Gasteiger partial charge in [-0.25, -0.2) is 4.79 Å². The van der Waals surface area contributed by atoms with Crippen molar-refractivity contribution in [3.8, 4) is 0 Å². The Kier molecular flexibility index (Phi) is 4.43. The van der Waals surface area contributed by atoms with Gasteiger partial charge in [-0.2, -0.15) is 0 Å². The molecule has 120 valence electrons. The highest BCUT2D eigenvalue weighted by molar-refractivity contribution is 5.98. The summed E-state index contributed by atoms with van der Waals surface area (Å²) in [5.41, 5.74) is 1.65. The van der Waals surface area contributed by atoms with E-state index in [-0.39, 0.29) is 17.6 Å². The second-order valence-corrected chi connectivity index (χ2v) is 5.64. The summed E-state index contributed by atoms with van der Waals surface area (Å²) in [5.74, 6) is -1.07. The molecule has 1 aromatic heterocycles. The van der Waals surface area contributed by atoms with E-state index in [4.69, 9.17) is 5.11 Å². The van der Waals surface area contributed by atoms with Crippen LogP contribution < -0.4 is 10.2 Å². The highest BCUT2D eigenvalue weighted by Crippen LogP contribution is 2.22. The molecule has 6 nitrogen and oxygen atoms in total. The minimum Gasteiger partial charge on any atom is -0.477 e. The number of aromatic carboxylic acids is 1. The number of aromatic amines is 1. The number of carbonyl (C=O) groups is 2. The van der Waals surface area contributed by atoms with Gasteiger partial charge >= 0.3 is 5.97 Å². The molecule has 1 amide bonds. The molecule has 23 heavy (non-hydrogen) atoms. The number of rotatable bonds is 5. The average Bonchev–Trinajstić information content (AvgIpc) is 3.24. The predicted molar refractivity (Wildman–Crippen MR) is 86.4 cm³/mol. The van der Waals surface area contributed by atoms with Gasteiger partial charge in [0.2, 0.25) is 5.91 Å². The Morgan fingerprint density at radius 2 is 2.04 bits per heavy atom. The number of amides is 1. The Balaban J connectivity index is 1.88. The smallest absolute Gasteiger partial charge is 0.352 e. The monoisotopic (exact) mass is 313 g/mol. The van der Waals surface area contributed by atoms with Gasteiger partial charge in [-0.05, 0) is 31.0 Å². The third-order valence-electron chi connectivity index (χ3n) is 4.02. The van der Waals surface area contributed by atoms with Crippen molar-refractivity contribution in [1.29, 1.82) is 0 Å². The fraction of sp³-hybridized carbons (Fsp3) is 0.294. The van der Waals surface area contributed by atoms with Gasteiger partial charge in [0.05, 0.1) is 18.3 Å². The van der Waals surface area contributed by atoms with E-state index in [1.54, 1.807) is 11.1 Å². The van der Waals surface area contributed by atoms with E-state index in [2.05, 4.69) is 10.3 Å². The van der Waals surface area contributed by atoms with Gasteiger partial charge in [0.1, 0.15) is 5.69 Å². The molecule has 2 aromatic rings. The lowest BCUT2D eigenvalue weighted by Crippen LogP contribution is -2.43. The predicted octanol–water partition coefficient (Wildman–Crippen LogP) is 2.00. The van der Waals surface area contributed by atoms with Crippen molar-refractivity contribution in [2.24, 2.45) is 0 Å². The number of hydrogen-bond donors (Lipinski definition) is 3. The fourth-order valence-electron chi connectivity index (χ4n) is 2.81. The van der Waals surface area contributed by atoms with E-state index in [9.17, 15) is 9.59 Å². The Hall–Kier alpha value is -2.60. The number of carboxylic acids is 1. The van der Waals surface area contributed by atoms with Crippen molar-refractivity contribution in [3.63, 3.8) is 0 Å². The number of hydrogen-bond acceptors (Lipinski definition) is 3. The minimum absolute atomic E-state index is 0.0257. The molecule has 0 spiro atoms. The number of carbonyl (C=O) groups excluding carboxylic acids is 1. The van der Waals surface area contributed by atoms with Gasteiger partial charge in [0.15, 0.2) is 0 Å². The minimum atomic E-state index is -1.04. The van der Waals surface area contributed by atoms with Crippen LogP contribution >= 0.6 is 0 Å². The summed E-state index contributed by atoms with van der Waals surface area (Å²) in [4.78, 5) is 28.2. The molecule has 0 bridgehead atoms. The molecule has 0 unspecified atom stereocenters. The molecule has 0 aliphatic carbocycles. The summed E-state index contributed by atoms with van der Waals surface area (Å²) >= 11 is 0. The molecule has 6 heteroatoms. The maximum atomic E-state index is 12.8. The van der Waals surface area contributed by atoms with Crippen LogP contribution in [0.3, 0.4) is 0 Å². The zero-order valence-corrected chi connectivity index (χ0v) is 12.7. The van der Waals surface area contributed by atoms with Crippen LogP contribution in [0.5, 0.6) is 0 Å². The zero-order chi connectivity index (χ0) is 16.2. The molecule has 0 saturated carbocycles. The lowest BCUT2D eigenvalue weighted by molar-refractivity contribution is -0.120. The molecule has 1 aliphatic heterocycles. The quantitative estimate of drug-likeness (QED) is 0.788. The second kappa shape index (κ2) is 6.66. The van der Waals surface area contributed by atoms with E-state index < -0.39 is 5.97 Å². The summed E-state index contributed by atoms with van der Waals surface area (Å²) in [6, 6.07) is 11.0. The van der Waals surface area contributed by atoms with Crippen molar-refractivity contribution in [3.05, 3.63) is 53.9 Å². The molecule has 2 heterocycles. The largest absolute Gasteiger partial charge is 0.477 e. The fourth-order valence-corrected chi connectivity index (χ4v) is 2.81. The number of carboxylic acid groups (broad SMARTS) is 1. The first kappa shape index (κ1) is 15.3. The number of nitrogens with one attached hydrogen (secondary N) is 2. The molecule has 1 fully saturated rings. The zero-order valence-electron chi connectivity index (χ0n) is 12.7. The Morgan fingerprint density at radius 3 is 2.65 bits per heavy atom. The third-order valence-corrected chi connectivity index (χ3v) is 4.02. The lowest BCUT2D eigenvalue weighted by Gasteiger charge is -2.25.